The molecular weight excluding hydrogens is 608 g/mol. The molecule has 0 aromatic heterocycles. The number of nitrogens with one attached hydrogen (secondary N) is 4. The number of phenols is 1. The van der Waals surface area contributed by atoms with Crippen LogP contribution in [0.1, 0.15) is 65.4 Å². The van der Waals surface area contributed by atoms with Crippen LogP contribution < -0.4 is 21.3 Å². The summed E-state index contributed by atoms with van der Waals surface area (Å²) in [5.41, 5.74) is 1.34. The average molecular weight is 653 g/mol. The van der Waals surface area contributed by atoms with E-state index in [1.165, 1.54) is 12.1 Å². The highest BCUT2D eigenvalue weighted by Gasteiger charge is 2.28. The van der Waals surface area contributed by atoms with Crippen LogP contribution in [-0.2, 0) is 23.9 Å². The van der Waals surface area contributed by atoms with Gasteiger partial charge in [0.1, 0.15) is 11.8 Å². The van der Waals surface area contributed by atoms with Crippen molar-refractivity contribution in [3.8, 4) is 11.9 Å². The van der Waals surface area contributed by atoms with E-state index in [4.69, 9.17) is 10.00 Å². The second-order valence-corrected chi connectivity index (χ2v) is 12.6. The zero-order chi connectivity index (χ0) is 35.1. The van der Waals surface area contributed by atoms with Crippen molar-refractivity contribution in [2.45, 2.75) is 71.9 Å². The number of aromatic hydroxyl groups is 1. The lowest BCUT2D eigenvalue weighted by Gasteiger charge is -2.23. The van der Waals surface area contributed by atoms with Crippen LogP contribution in [0.2, 0.25) is 0 Å². The van der Waals surface area contributed by atoms with E-state index in [2.05, 4.69) is 26.3 Å². The lowest BCUT2D eigenvalue weighted by Crippen LogP contribution is -2.46. The maximum Gasteiger partial charge on any atom is 0.328 e. The normalized spacial score (nSPS) is 13.5. The number of nitriles is 1. The minimum absolute atomic E-state index is 0.0866. The molecule has 7 N–H and O–H groups in total. The fourth-order valence-corrected chi connectivity index (χ4v) is 4.43. The topological polar surface area (TPSA) is 222 Å². The van der Waals surface area contributed by atoms with Crippen LogP contribution in [-0.4, -0.2) is 70.3 Å². The van der Waals surface area contributed by atoms with Crippen LogP contribution in [0.25, 0.3) is 0 Å². The van der Waals surface area contributed by atoms with Gasteiger partial charge in [-0.15, -0.1) is 0 Å². The fourth-order valence-electron chi connectivity index (χ4n) is 4.43. The molecule has 0 aliphatic heterocycles. The molecule has 0 aliphatic rings. The number of hydrogen-bond acceptors (Lipinski definition) is 8. The van der Waals surface area contributed by atoms with E-state index in [1.807, 2.05) is 40.8 Å². The molecule has 0 bridgehead atoms. The fraction of sp³-hybridized carbons (Fsp3) is 0.455. The number of anilines is 1. The maximum atomic E-state index is 13.4. The summed E-state index contributed by atoms with van der Waals surface area (Å²) in [6.45, 7) is 8.88. The lowest BCUT2D eigenvalue weighted by atomic mass is 9.89. The number of benzene rings is 2. The summed E-state index contributed by atoms with van der Waals surface area (Å²) in [4.78, 5) is 53.5. The highest BCUT2D eigenvalue weighted by atomic mass is 16.5. The molecule has 0 spiro atoms. The Labute approximate surface area is 274 Å². The third-order valence-corrected chi connectivity index (χ3v) is 6.64. The van der Waals surface area contributed by atoms with Crippen LogP contribution in [0, 0.1) is 22.8 Å². The first-order valence-electron chi connectivity index (χ1n) is 15.1. The first-order chi connectivity index (χ1) is 22.1. The Morgan fingerprint density at radius 3 is 2.09 bits per heavy atom. The molecule has 14 nitrogen and oxygen atoms in total. The van der Waals surface area contributed by atoms with E-state index in [0.29, 0.717) is 23.4 Å². The number of carbonyl (C=O) groups excluding carboxylic acids is 2. The molecule has 0 heterocycles. The Balaban J connectivity index is 2.08. The molecule has 2 amide bonds. The number of carboxylic acids is 2. The van der Waals surface area contributed by atoms with Gasteiger partial charge in [0.15, 0.2) is 12.2 Å². The number of amides is 2. The molecule has 254 valence electrons. The Bertz CT molecular complexity index is 1430. The molecular formula is C33H44N6O8. The molecule has 47 heavy (non-hydrogen) atoms. The predicted molar refractivity (Wildman–Crippen MR) is 175 cm³/mol. The van der Waals surface area contributed by atoms with Crippen molar-refractivity contribution in [2.75, 3.05) is 18.5 Å². The Hall–Kier alpha value is -5.16. The van der Waals surface area contributed by atoms with Gasteiger partial charge in [-0.3, -0.25) is 14.9 Å². The number of guanidine groups is 1. The summed E-state index contributed by atoms with van der Waals surface area (Å²) in [5, 5.41) is 48.2. The number of phenolic OH excluding ortho intramolecular Hbond substituents is 1. The average Bonchev–Trinajstić information content (AvgIpc) is 2.97. The van der Waals surface area contributed by atoms with Gasteiger partial charge in [0.25, 0.3) is 0 Å². The van der Waals surface area contributed by atoms with Crippen molar-refractivity contribution in [2.24, 2.45) is 16.3 Å². The monoisotopic (exact) mass is 652 g/mol. The summed E-state index contributed by atoms with van der Waals surface area (Å²) in [6, 6.07) is 10.3. The number of aliphatic imine (C=N–C) groups is 1. The number of nitrogens with zero attached hydrogens (tertiary/aromatic N) is 2. The smallest absolute Gasteiger partial charge is 0.328 e. The van der Waals surface area contributed by atoms with Crippen molar-refractivity contribution in [1.82, 2.24) is 16.0 Å². The van der Waals surface area contributed by atoms with Crippen LogP contribution in [0.4, 0.5) is 11.4 Å². The summed E-state index contributed by atoms with van der Waals surface area (Å²) < 4.78 is 5.40. The van der Waals surface area contributed by atoms with Gasteiger partial charge >= 0.3 is 11.9 Å². The van der Waals surface area contributed by atoms with Crippen LogP contribution >= 0.6 is 0 Å². The highest BCUT2D eigenvalue weighted by Crippen LogP contribution is 2.27. The van der Waals surface area contributed by atoms with Gasteiger partial charge in [0, 0.05) is 25.1 Å². The molecule has 3 unspecified atom stereocenters. The largest absolute Gasteiger partial charge is 0.508 e. The van der Waals surface area contributed by atoms with Gasteiger partial charge < -0.3 is 36.0 Å². The Morgan fingerprint density at radius 2 is 1.55 bits per heavy atom. The Morgan fingerprint density at radius 1 is 0.936 bits per heavy atom. The lowest BCUT2D eigenvalue weighted by molar-refractivity contribution is -0.145. The second kappa shape index (κ2) is 18.1. The van der Waals surface area contributed by atoms with Gasteiger partial charge in [0.05, 0.1) is 18.2 Å². The minimum atomic E-state index is -1.30. The summed E-state index contributed by atoms with van der Waals surface area (Å²) in [5.74, 6) is -3.86. The predicted octanol–water partition coefficient (Wildman–Crippen LogP) is 3.67. The van der Waals surface area contributed by atoms with Crippen molar-refractivity contribution in [3.63, 3.8) is 0 Å². The molecule has 14 heteroatoms. The van der Waals surface area contributed by atoms with Crippen molar-refractivity contribution in [3.05, 3.63) is 54.1 Å². The molecule has 3 atom stereocenters. The molecule has 0 aliphatic carbocycles. The van der Waals surface area contributed by atoms with Crippen LogP contribution in [0.5, 0.6) is 5.75 Å². The third kappa shape index (κ3) is 14.2. The zero-order valence-corrected chi connectivity index (χ0v) is 27.2. The number of hydrogen-bond donors (Lipinski definition) is 7. The van der Waals surface area contributed by atoms with Gasteiger partial charge in [-0.2, -0.15) is 5.26 Å². The SMILES string of the molecule is CC(C)CC(C(=O)NC(CCOCC(NC(=O)CC(C)(C)C)C(=O)O)C(=O)O)c1ccc(N=C(NC#N)Nc2ccc(O)cc2)cc1. The molecule has 0 fully saturated rings. The van der Waals surface area contributed by atoms with Crippen LogP contribution in [0.3, 0.4) is 0 Å². The summed E-state index contributed by atoms with van der Waals surface area (Å²) >= 11 is 0. The standard InChI is InChI=1S/C33H44N6O8/c1-20(2)16-25(21-6-8-22(9-7-21)36-32(35-19-34)37-23-10-12-24(40)13-11-23)29(42)39-26(30(43)44)14-15-47-18-27(31(45)46)38-28(41)17-33(3,4)5/h6-13,20,25-27,40H,14-18H2,1-5H3,(H,38,41)(H,39,42)(H,43,44)(H,45,46)(H2,35,36,37). The first-order valence-corrected chi connectivity index (χ1v) is 15.1. The molecule has 2 aromatic rings. The van der Waals surface area contributed by atoms with Gasteiger partial charge in [-0.1, -0.05) is 46.8 Å². The molecule has 0 saturated heterocycles. The van der Waals surface area contributed by atoms with Crippen molar-refractivity contribution in [1.29, 1.82) is 5.26 Å². The van der Waals surface area contributed by atoms with Gasteiger partial charge in [0.2, 0.25) is 17.8 Å². The van der Waals surface area contributed by atoms with E-state index in [9.17, 15) is 34.5 Å². The summed E-state index contributed by atoms with van der Waals surface area (Å²) in [7, 11) is 0. The van der Waals surface area contributed by atoms with E-state index in [0.717, 1.165) is 0 Å². The maximum absolute atomic E-state index is 13.4. The molecule has 2 rings (SSSR count). The number of carboxylic acid groups (broad SMARTS) is 2. The van der Waals surface area contributed by atoms with Crippen molar-refractivity contribution < 1.29 is 39.2 Å². The van der Waals surface area contributed by atoms with E-state index in [-0.39, 0.29) is 49.1 Å². The van der Waals surface area contributed by atoms with E-state index >= 15 is 0 Å². The highest BCUT2D eigenvalue weighted by molar-refractivity contribution is 5.96. The molecule has 0 saturated carbocycles. The summed E-state index contributed by atoms with van der Waals surface area (Å²) in [6.07, 6.45) is 2.23. The molecule has 2 aromatic carbocycles. The number of ether oxygens (including phenoxy) is 1. The second-order valence-electron chi connectivity index (χ2n) is 12.6. The van der Waals surface area contributed by atoms with E-state index < -0.39 is 41.8 Å². The van der Waals surface area contributed by atoms with Gasteiger partial charge in [-0.25, -0.2) is 14.6 Å². The van der Waals surface area contributed by atoms with Crippen molar-refractivity contribution >= 4 is 41.1 Å². The number of carbonyl (C=O) groups is 4. The number of rotatable bonds is 16. The Kier molecular flexibility index (Phi) is 14.6. The van der Waals surface area contributed by atoms with Crippen LogP contribution in [0.15, 0.2) is 53.5 Å². The van der Waals surface area contributed by atoms with E-state index in [1.54, 1.807) is 36.4 Å². The quantitative estimate of drug-likeness (QED) is 0.0346. The third-order valence-electron chi connectivity index (χ3n) is 6.64. The van der Waals surface area contributed by atoms with Gasteiger partial charge in [-0.05, 0) is 59.7 Å². The molecule has 0 radical (unpaired) electrons. The first kappa shape index (κ1) is 38.0. The number of aliphatic carboxylic acids is 2. The minimum Gasteiger partial charge on any atom is -0.508 e. The zero-order valence-electron chi connectivity index (χ0n) is 27.2.